The van der Waals surface area contributed by atoms with Crippen LogP contribution < -0.4 is 5.43 Å². The van der Waals surface area contributed by atoms with Crippen LogP contribution in [0.5, 0.6) is 0 Å². The van der Waals surface area contributed by atoms with E-state index in [1.807, 2.05) is 12.1 Å². The molecule has 0 radical (unpaired) electrons. The van der Waals surface area contributed by atoms with Crippen LogP contribution >= 0.6 is 15.9 Å². The van der Waals surface area contributed by atoms with E-state index in [2.05, 4.69) is 21.4 Å². The first-order valence-electron chi connectivity index (χ1n) is 7.44. The Kier molecular flexibility index (Phi) is 4.12. The molecule has 3 nitrogen and oxygen atoms in total. The van der Waals surface area contributed by atoms with E-state index in [0.29, 0.717) is 9.86 Å². The van der Waals surface area contributed by atoms with Crippen molar-refractivity contribution in [1.82, 2.24) is 10.4 Å². The molecular weight excluding hydrogens is 385 g/mol. The lowest BCUT2D eigenvalue weighted by atomic mass is 9.95. The number of rotatable bonds is 2. The summed E-state index contributed by atoms with van der Waals surface area (Å²) in [5.41, 5.74) is 1.52. The number of alkyl halides is 3. The van der Waals surface area contributed by atoms with Gasteiger partial charge in [-0.2, -0.15) is 18.2 Å². The van der Waals surface area contributed by atoms with E-state index in [1.165, 1.54) is 6.07 Å². The third-order valence-corrected chi connectivity index (χ3v) is 5.13. The number of hydrogen-bond acceptors (Lipinski definition) is 2. The molecule has 2 aromatic rings. The molecule has 1 aliphatic rings. The van der Waals surface area contributed by atoms with Crippen LogP contribution in [0.15, 0.2) is 40.9 Å². The second-order valence-electron chi connectivity index (χ2n) is 6.53. The Bertz CT molecular complexity index is 804. The molecule has 0 saturated carbocycles. The molecule has 1 N–H and O–H groups in total. The average Bonchev–Trinajstić information content (AvgIpc) is 2.73. The van der Waals surface area contributed by atoms with Crippen molar-refractivity contribution in [3.63, 3.8) is 0 Å². The molecular formula is C17H16BrF3N2O. The third kappa shape index (κ3) is 2.91. The fraction of sp³-hybridized carbons (Fsp3) is 0.353. The van der Waals surface area contributed by atoms with Crippen molar-refractivity contribution < 1.29 is 18.0 Å². The molecule has 1 fully saturated rings. The molecule has 128 valence electrons. The Morgan fingerprint density at radius 1 is 1.21 bits per heavy atom. The Hall–Kier alpha value is -1.60. The van der Waals surface area contributed by atoms with Crippen molar-refractivity contribution in [2.45, 2.75) is 38.0 Å². The van der Waals surface area contributed by atoms with Crippen LogP contribution in [0, 0.1) is 0 Å². The maximum absolute atomic E-state index is 13.9. The average molecular weight is 401 g/mol. The van der Waals surface area contributed by atoms with Crippen molar-refractivity contribution in [2.75, 3.05) is 0 Å². The number of nitrogens with one attached hydrogen (secondary N) is 1. The van der Waals surface area contributed by atoms with Crippen LogP contribution in [0.2, 0.25) is 0 Å². The van der Waals surface area contributed by atoms with Gasteiger partial charge in [0, 0.05) is 16.4 Å². The molecule has 0 bridgehead atoms. The van der Waals surface area contributed by atoms with E-state index in [1.54, 1.807) is 32.0 Å². The quantitative estimate of drug-likeness (QED) is 0.790. The largest absolute Gasteiger partial charge is 0.409 e. The molecule has 1 aliphatic heterocycles. The SMILES string of the molecule is CC1(C)CC(=O)NN1C(c1ccc2ccccc2c1Br)C(F)(F)F. The van der Waals surface area contributed by atoms with Crippen LogP contribution in [0.1, 0.15) is 31.9 Å². The van der Waals surface area contributed by atoms with E-state index in [9.17, 15) is 18.0 Å². The van der Waals surface area contributed by atoms with Crippen LogP contribution in [0.3, 0.4) is 0 Å². The highest BCUT2D eigenvalue weighted by Gasteiger charge is 2.53. The van der Waals surface area contributed by atoms with E-state index >= 15 is 0 Å². The summed E-state index contributed by atoms with van der Waals surface area (Å²) in [5.74, 6) is -0.411. The number of halogens is 4. The molecule has 0 aliphatic carbocycles. The van der Waals surface area contributed by atoms with E-state index in [0.717, 1.165) is 10.4 Å². The van der Waals surface area contributed by atoms with Crippen LogP contribution in [-0.4, -0.2) is 22.6 Å². The van der Waals surface area contributed by atoms with Gasteiger partial charge in [-0.25, -0.2) is 0 Å². The van der Waals surface area contributed by atoms with Crippen LogP contribution in [0.25, 0.3) is 10.8 Å². The third-order valence-electron chi connectivity index (χ3n) is 4.25. The van der Waals surface area contributed by atoms with E-state index < -0.39 is 23.7 Å². The highest BCUT2D eigenvalue weighted by Crippen LogP contribution is 2.46. The molecule has 1 heterocycles. The van der Waals surface area contributed by atoms with Gasteiger partial charge >= 0.3 is 6.18 Å². The minimum Gasteiger partial charge on any atom is -0.287 e. The first kappa shape index (κ1) is 17.2. The van der Waals surface area contributed by atoms with E-state index in [-0.39, 0.29) is 12.0 Å². The topological polar surface area (TPSA) is 32.3 Å². The normalized spacial score (nSPS) is 19.5. The summed E-state index contributed by atoms with van der Waals surface area (Å²) < 4.78 is 42.1. The second-order valence-corrected chi connectivity index (χ2v) is 7.32. The molecule has 1 unspecified atom stereocenters. The van der Waals surface area contributed by atoms with Crippen molar-refractivity contribution in [1.29, 1.82) is 0 Å². The first-order valence-corrected chi connectivity index (χ1v) is 8.23. The van der Waals surface area contributed by atoms with Gasteiger partial charge < -0.3 is 0 Å². The van der Waals surface area contributed by atoms with Crippen molar-refractivity contribution in [3.05, 3.63) is 46.4 Å². The van der Waals surface area contributed by atoms with Gasteiger partial charge in [-0.1, -0.05) is 36.4 Å². The van der Waals surface area contributed by atoms with Gasteiger partial charge in [0.15, 0.2) is 6.04 Å². The Balaban J connectivity index is 2.18. The van der Waals surface area contributed by atoms with E-state index in [4.69, 9.17) is 0 Å². The molecule has 1 amide bonds. The molecule has 0 spiro atoms. The van der Waals surface area contributed by atoms with Gasteiger partial charge in [-0.15, -0.1) is 0 Å². The van der Waals surface area contributed by atoms with Crippen molar-refractivity contribution in [3.8, 4) is 0 Å². The molecule has 1 atom stereocenters. The van der Waals surface area contributed by atoms with Crippen LogP contribution in [0.4, 0.5) is 13.2 Å². The number of carbonyl (C=O) groups excluding carboxylic acids is 1. The van der Waals surface area contributed by atoms with Crippen molar-refractivity contribution >= 4 is 32.6 Å². The predicted molar refractivity (Wildman–Crippen MR) is 89.1 cm³/mol. The zero-order valence-electron chi connectivity index (χ0n) is 13.1. The van der Waals surface area contributed by atoms with Gasteiger partial charge in [0.05, 0.1) is 0 Å². The Morgan fingerprint density at radius 2 is 1.88 bits per heavy atom. The summed E-state index contributed by atoms with van der Waals surface area (Å²) in [6.07, 6.45) is -4.52. The molecule has 3 rings (SSSR count). The second kappa shape index (κ2) is 5.74. The van der Waals surface area contributed by atoms with Crippen LogP contribution in [-0.2, 0) is 4.79 Å². The highest BCUT2D eigenvalue weighted by atomic mass is 79.9. The minimum absolute atomic E-state index is 0.0186. The Morgan fingerprint density at radius 3 is 2.46 bits per heavy atom. The zero-order chi connectivity index (χ0) is 17.7. The maximum atomic E-state index is 13.9. The lowest BCUT2D eigenvalue weighted by Gasteiger charge is -2.38. The van der Waals surface area contributed by atoms with Gasteiger partial charge in [0.1, 0.15) is 0 Å². The number of fused-ring (bicyclic) bond motifs is 1. The number of hydrazine groups is 1. The number of nitrogens with zero attached hydrogens (tertiary/aromatic N) is 1. The smallest absolute Gasteiger partial charge is 0.287 e. The standard InChI is InChI=1S/C17H16BrF3N2O/c1-16(2)9-13(24)22-23(16)15(17(19,20)21)12-8-7-10-5-3-4-6-11(10)14(12)18/h3-8,15H,9H2,1-2H3,(H,22,24). The molecule has 24 heavy (non-hydrogen) atoms. The lowest BCUT2D eigenvalue weighted by molar-refractivity contribution is -0.204. The van der Waals surface area contributed by atoms with Crippen molar-refractivity contribution in [2.24, 2.45) is 0 Å². The summed E-state index contributed by atoms with van der Waals surface area (Å²) in [6.45, 7) is 3.25. The highest BCUT2D eigenvalue weighted by molar-refractivity contribution is 9.10. The first-order chi connectivity index (χ1) is 11.1. The predicted octanol–water partition coefficient (Wildman–Crippen LogP) is 4.72. The lowest BCUT2D eigenvalue weighted by Crippen LogP contribution is -2.51. The molecule has 0 aromatic heterocycles. The summed E-state index contributed by atoms with van der Waals surface area (Å²) in [5, 5.41) is 2.57. The minimum atomic E-state index is -4.54. The summed E-state index contributed by atoms with van der Waals surface area (Å²) >= 11 is 3.34. The van der Waals surface area contributed by atoms with Gasteiger partial charge in [0.25, 0.3) is 0 Å². The van der Waals surface area contributed by atoms with Gasteiger partial charge in [-0.3, -0.25) is 10.2 Å². The molecule has 2 aromatic carbocycles. The number of amides is 1. The fourth-order valence-electron chi connectivity index (χ4n) is 3.14. The maximum Gasteiger partial charge on any atom is 0.409 e. The number of hydrogen-bond donors (Lipinski definition) is 1. The Labute approximate surface area is 145 Å². The summed E-state index contributed by atoms with van der Waals surface area (Å²) in [6, 6.07) is 8.42. The summed E-state index contributed by atoms with van der Waals surface area (Å²) in [4.78, 5) is 11.7. The molecule has 1 saturated heterocycles. The zero-order valence-corrected chi connectivity index (χ0v) is 14.7. The summed E-state index contributed by atoms with van der Waals surface area (Å²) in [7, 11) is 0. The number of carbonyl (C=O) groups is 1. The van der Waals surface area contributed by atoms with Gasteiger partial charge in [-0.05, 0) is 46.1 Å². The fourth-order valence-corrected chi connectivity index (χ4v) is 3.85. The van der Waals surface area contributed by atoms with Gasteiger partial charge in [0.2, 0.25) is 5.91 Å². The number of benzene rings is 2. The molecule has 7 heteroatoms. The monoisotopic (exact) mass is 400 g/mol.